The molecule has 1 N–H and O–H groups in total. The lowest BCUT2D eigenvalue weighted by Gasteiger charge is -1.94. The van der Waals surface area contributed by atoms with Crippen LogP contribution in [0.4, 0.5) is 0 Å². The maximum atomic E-state index is 5.60. The van der Waals surface area contributed by atoms with Crippen molar-refractivity contribution in [1.82, 2.24) is 10.2 Å². The van der Waals surface area contributed by atoms with Gasteiger partial charge in [-0.2, -0.15) is 5.10 Å². The molecule has 11 heavy (non-hydrogen) atoms. The zero-order valence-electron chi connectivity index (χ0n) is 6.65. The van der Waals surface area contributed by atoms with Crippen molar-refractivity contribution in [2.45, 2.75) is 20.3 Å². The van der Waals surface area contributed by atoms with Gasteiger partial charge in [-0.05, 0) is 25.8 Å². The molecule has 0 saturated carbocycles. The topological polar surface area (TPSA) is 28.7 Å². The molecule has 0 aliphatic carbocycles. The number of nitrogens with zero attached hydrogens (tertiary/aromatic N) is 1. The third-order valence-electron chi connectivity index (χ3n) is 1.63. The second kappa shape index (κ2) is 4.62. The van der Waals surface area contributed by atoms with Crippen molar-refractivity contribution in [3.05, 3.63) is 17.0 Å². The first-order chi connectivity index (χ1) is 4.75. The number of rotatable bonds is 2. The summed E-state index contributed by atoms with van der Waals surface area (Å²) in [6, 6.07) is 0. The van der Waals surface area contributed by atoms with E-state index in [9.17, 15) is 0 Å². The zero-order chi connectivity index (χ0) is 7.56. The van der Waals surface area contributed by atoms with Crippen molar-refractivity contribution < 1.29 is 0 Å². The van der Waals surface area contributed by atoms with Crippen molar-refractivity contribution in [3.8, 4) is 0 Å². The molecular formula is C7H12Cl2N2. The number of halogens is 2. The third kappa shape index (κ3) is 2.38. The quantitative estimate of drug-likeness (QED) is 0.720. The summed E-state index contributed by atoms with van der Waals surface area (Å²) in [5.41, 5.74) is 3.46. The Morgan fingerprint density at radius 2 is 2.09 bits per heavy atom. The van der Waals surface area contributed by atoms with Crippen LogP contribution in [0, 0.1) is 13.8 Å². The van der Waals surface area contributed by atoms with Crippen molar-refractivity contribution in [3.63, 3.8) is 0 Å². The number of alkyl halides is 1. The highest BCUT2D eigenvalue weighted by molar-refractivity contribution is 6.18. The van der Waals surface area contributed by atoms with E-state index in [1.165, 1.54) is 5.56 Å². The average molecular weight is 195 g/mol. The molecule has 0 unspecified atom stereocenters. The van der Waals surface area contributed by atoms with Crippen LogP contribution in [0.3, 0.4) is 0 Å². The molecule has 1 rings (SSSR count). The first-order valence-electron chi connectivity index (χ1n) is 3.32. The Morgan fingerprint density at radius 3 is 2.45 bits per heavy atom. The molecule has 0 amide bonds. The highest BCUT2D eigenvalue weighted by Crippen LogP contribution is 2.09. The van der Waals surface area contributed by atoms with Crippen LogP contribution < -0.4 is 0 Å². The monoisotopic (exact) mass is 194 g/mol. The average Bonchev–Trinajstić information content (AvgIpc) is 2.20. The van der Waals surface area contributed by atoms with E-state index >= 15 is 0 Å². The summed E-state index contributed by atoms with van der Waals surface area (Å²) in [6.45, 7) is 4.01. The maximum Gasteiger partial charge on any atom is 0.0626 e. The predicted octanol–water partition coefficient (Wildman–Crippen LogP) is 2.23. The van der Waals surface area contributed by atoms with E-state index in [0.717, 1.165) is 17.8 Å². The van der Waals surface area contributed by atoms with Gasteiger partial charge in [0, 0.05) is 11.6 Å². The molecule has 1 heterocycles. The number of aromatic nitrogens is 2. The van der Waals surface area contributed by atoms with Gasteiger partial charge in [0.1, 0.15) is 0 Å². The zero-order valence-corrected chi connectivity index (χ0v) is 8.22. The standard InChI is InChI=1S/C7H11ClN2.ClH/c1-5-7(3-4-8)6(2)10-9-5;/h3-4H2,1-2H3,(H,9,10);1H. The van der Waals surface area contributed by atoms with Gasteiger partial charge in [-0.25, -0.2) is 0 Å². The minimum Gasteiger partial charge on any atom is -0.282 e. The predicted molar refractivity (Wildman–Crippen MR) is 49.7 cm³/mol. The van der Waals surface area contributed by atoms with E-state index < -0.39 is 0 Å². The number of hydrogen-bond acceptors (Lipinski definition) is 1. The van der Waals surface area contributed by atoms with Gasteiger partial charge in [-0.15, -0.1) is 24.0 Å². The molecule has 0 fully saturated rings. The first kappa shape index (κ1) is 10.8. The van der Waals surface area contributed by atoms with E-state index in [-0.39, 0.29) is 12.4 Å². The summed E-state index contributed by atoms with van der Waals surface area (Å²) in [7, 11) is 0. The molecule has 0 saturated heterocycles. The van der Waals surface area contributed by atoms with Gasteiger partial charge in [0.2, 0.25) is 0 Å². The van der Waals surface area contributed by atoms with Crippen molar-refractivity contribution in [2.75, 3.05) is 5.88 Å². The molecule has 1 aromatic rings. The lowest BCUT2D eigenvalue weighted by molar-refractivity contribution is 1.02. The van der Waals surface area contributed by atoms with Gasteiger partial charge >= 0.3 is 0 Å². The van der Waals surface area contributed by atoms with E-state index in [0.29, 0.717) is 5.88 Å². The van der Waals surface area contributed by atoms with Crippen molar-refractivity contribution in [2.24, 2.45) is 0 Å². The largest absolute Gasteiger partial charge is 0.282 e. The lowest BCUT2D eigenvalue weighted by Crippen LogP contribution is -1.88. The molecule has 4 heteroatoms. The minimum absolute atomic E-state index is 0. The molecule has 0 spiro atoms. The van der Waals surface area contributed by atoms with Crippen LogP contribution >= 0.6 is 24.0 Å². The molecule has 0 atom stereocenters. The number of nitrogens with one attached hydrogen (secondary N) is 1. The van der Waals surface area contributed by atoms with Crippen LogP contribution in [0.5, 0.6) is 0 Å². The summed E-state index contributed by atoms with van der Waals surface area (Å²) in [5, 5.41) is 6.96. The molecule has 0 radical (unpaired) electrons. The van der Waals surface area contributed by atoms with Crippen LogP contribution in [-0.2, 0) is 6.42 Å². The Hall–Kier alpha value is -0.210. The second-order valence-electron chi connectivity index (χ2n) is 2.35. The molecule has 2 nitrogen and oxygen atoms in total. The van der Waals surface area contributed by atoms with Crippen LogP contribution in [0.1, 0.15) is 17.0 Å². The Bertz CT molecular complexity index is 201. The number of hydrogen-bond donors (Lipinski definition) is 1. The number of H-pyrrole nitrogens is 1. The van der Waals surface area contributed by atoms with Gasteiger partial charge in [0.05, 0.1) is 5.69 Å². The van der Waals surface area contributed by atoms with Crippen molar-refractivity contribution >= 4 is 24.0 Å². The van der Waals surface area contributed by atoms with Crippen LogP contribution in [0.15, 0.2) is 0 Å². The lowest BCUT2D eigenvalue weighted by atomic mass is 10.1. The van der Waals surface area contributed by atoms with E-state index in [1.807, 2.05) is 13.8 Å². The molecule has 1 aromatic heterocycles. The summed E-state index contributed by atoms with van der Waals surface area (Å²) in [5.74, 6) is 0.668. The fourth-order valence-corrected chi connectivity index (χ4v) is 1.23. The van der Waals surface area contributed by atoms with Crippen LogP contribution in [0.2, 0.25) is 0 Å². The second-order valence-corrected chi connectivity index (χ2v) is 2.73. The number of aryl methyl sites for hydroxylation is 2. The summed E-state index contributed by atoms with van der Waals surface area (Å²) in [4.78, 5) is 0. The maximum absolute atomic E-state index is 5.60. The summed E-state index contributed by atoms with van der Waals surface area (Å²) >= 11 is 5.60. The van der Waals surface area contributed by atoms with Crippen LogP contribution in [0.25, 0.3) is 0 Å². The van der Waals surface area contributed by atoms with Gasteiger partial charge in [0.25, 0.3) is 0 Å². The van der Waals surface area contributed by atoms with Gasteiger partial charge in [-0.1, -0.05) is 0 Å². The molecule has 0 aliphatic rings. The summed E-state index contributed by atoms with van der Waals surface area (Å²) < 4.78 is 0. The van der Waals surface area contributed by atoms with Gasteiger partial charge in [-0.3, -0.25) is 5.10 Å². The normalized spacial score (nSPS) is 9.36. The Kier molecular flexibility index (Phi) is 4.54. The molecule has 0 aliphatic heterocycles. The molecule has 0 bridgehead atoms. The molecule has 64 valence electrons. The highest BCUT2D eigenvalue weighted by Gasteiger charge is 2.03. The number of aromatic amines is 1. The summed E-state index contributed by atoms with van der Waals surface area (Å²) in [6.07, 6.45) is 0.912. The Balaban J connectivity index is 0.000001000. The van der Waals surface area contributed by atoms with Gasteiger partial charge < -0.3 is 0 Å². The third-order valence-corrected chi connectivity index (χ3v) is 1.81. The minimum atomic E-state index is 0. The Morgan fingerprint density at radius 1 is 1.45 bits per heavy atom. The molecular weight excluding hydrogens is 183 g/mol. The Labute approximate surface area is 77.7 Å². The van der Waals surface area contributed by atoms with Gasteiger partial charge in [0.15, 0.2) is 0 Å². The smallest absolute Gasteiger partial charge is 0.0626 e. The first-order valence-corrected chi connectivity index (χ1v) is 3.85. The fourth-order valence-electron chi connectivity index (χ4n) is 1.04. The van der Waals surface area contributed by atoms with E-state index in [1.54, 1.807) is 0 Å². The highest BCUT2D eigenvalue weighted by atomic mass is 35.5. The SMILES string of the molecule is Cc1n[nH]c(C)c1CCCl.Cl. The van der Waals surface area contributed by atoms with Crippen LogP contribution in [-0.4, -0.2) is 16.1 Å². The van der Waals surface area contributed by atoms with Crippen molar-refractivity contribution in [1.29, 1.82) is 0 Å². The van der Waals surface area contributed by atoms with E-state index in [2.05, 4.69) is 10.2 Å². The molecule has 0 aromatic carbocycles. The fraction of sp³-hybridized carbons (Fsp3) is 0.571. The van der Waals surface area contributed by atoms with E-state index in [4.69, 9.17) is 11.6 Å².